The Kier molecular flexibility index (Phi) is 3.97. The molecule has 0 atom stereocenters. The fourth-order valence-electron chi connectivity index (χ4n) is 3.40. The summed E-state index contributed by atoms with van der Waals surface area (Å²) in [6.45, 7) is -0.511. The van der Waals surface area contributed by atoms with E-state index in [1.165, 1.54) is 24.3 Å². The minimum atomic E-state index is -1.16. The van der Waals surface area contributed by atoms with E-state index in [-0.39, 0.29) is 20.9 Å². The molecule has 0 unspecified atom stereocenters. The van der Waals surface area contributed by atoms with Crippen LogP contribution in [0.1, 0.15) is 5.56 Å². The molecular formula is C20H11FN4O4S. The van der Waals surface area contributed by atoms with Crippen LogP contribution in [0, 0.1) is 5.82 Å². The van der Waals surface area contributed by atoms with Crippen LogP contribution in [-0.4, -0.2) is 38.1 Å². The highest BCUT2D eigenvalue weighted by molar-refractivity contribution is 7.15. The van der Waals surface area contributed by atoms with Crippen molar-refractivity contribution in [1.82, 2.24) is 14.6 Å². The first-order chi connectivity index (χ1) is 14.4. The van der Waals surface area contributed by atoms with E-state index in [0.717, 1.165) is 20.8 Å². The van der Waals surface area contributed by atoms with E-state index in [4.69, 9.17) is 5.11 Å². The van der Waals surface area contributed by atoms with Crippen molar-refractivity contribution in [3.05, 3.63) is 74.8 Å². The Morgan fingerprint density at radius 2 is 1.83 bits per heavy atom. The van der Waals surface area contributed by atoms with Crippen molar-refractivity contribution in [2.24, 2.45) is 0 Å². The maximum absolute atomic E-state index is 13.1. The number of aliphatic carboxylic acids is 1. The van der Waals surface area contributed by atoms with Crippen molar-refractivity contribution in [1.29, 1.82) is 0 Å². The van der Waals surface area contributed by atoms with Gasteiger partial charge in [-0.2, -0.15) is 9.50 Å². The molecule has 1 aliphatic rings. The molecule has 1 N–H and O–H groups in total. The second kappa shape index (κ2) is 6.56. The van der Waals surface area contributed by atoms with Gasteiger partial charge in [0.1, 0.15) is 16.9 Å². The molecule has 2 aromatic heterocycles. The number of halogens is 1. The molecule has 0 radical (unpaired) electrons. The minimum absolute atomic E-state index is 0.137. The number of fused-ring (bicyclic) bond motifs is 2. The summed E-state index contributed by atoms with van der Waals surface area (Å²) in [4.78, 5) is 42.9. The number of anilines is 1. The Labute approximate surface area is 171 Å². The zero-order chi connectivity index (χ0) is 21.0. The van der Waals surface area contributed by atoms with Crippen molar-refractivity contribution >= 4 is 39.4 Å². The second-order valence-corrected chi connectivity index (χ2v) is 7.53. The standard InChI is InChI=1S/C20H11FN4O4S/c21-11-7-5-10(6-8-11)17-22-20-25(23-17)19(29)16(30-20)15-12-3-1-2-4-13(12)24(18(15)28)9-14(26)27/h1-8H,9H2,(H,26,27)/b16-15+. The van der Waals surface area contributed by atoms with Gasteiger partial charge in [-0.25, -0.2) is 4.39 Å². The smallest absolute Gasteiger partial charge is 0.323 e. The van der Waals surface area contributed by atoms with Crippen LogP contribution in [0.15, 0.2) is 53.3 Å². The number of carbonyl (C=O) groups is 2. The van der Waals surface area contributed by atoms with E-state index in [1.54, 1.807) is 24.3 Å². The molecule has 2 aromatic carbocycles. The summed E-state index contributed by atoms with van der Waals surface area (Å²) in [7, 11) is 0. The quantitative estimate of drug-likeness (QED) is 0.534. The lowest BCUT2D eigenvalue weighted by Crippen LogP contribution is -2.35. The number of benzene rings is 2. The Balaban J connectivity index is 1.70. The number of nitrogens with zero attached hydrogens (tertiary/aromatic N) is 4. The highest BCUT2D eigenvalue weighted by Gasteiger charge is 2.35. The molecule has 8 nitrogen and oxygen atoms in total. The number of hydrogen-bond donors (Lipinski definition) is 1. The van der Waals surface area contributed by atoms with Gasteiger partial charge < -0.3 is 5.11 Å². The van der Waals surface area contributed by atoms with Gasteiger partial charge in [-0.15, -0.1) is 5.10 Å². The molecule has 148 valence electrons. The van der Waals surface area contributed by atoms with Gasteiger partial charge in [-0.3, -0.25) is 19.3 Å². The van der Waals surface area contributed by atoms with E-state index in [1.807, 2.05) is 0 Å². The monoisotopic (exact) mass is 422 g/mol. The zero-order valence-corrected chi connectivity index (χ0v) is 15.9. The number of carboxylic acid groups (broad SMARTS) is 1. The minimum Gasteiger partial charge on any atom is -0.480 e. The molecule has 1 amide bonds. The number of para-hydroxylation sites is 1. The molecule has 0 saturated heterocycles. The van der Waals surface area contributed by atoms with Crippen LogP contribution < -0.4 is 15.0 Å². The molecule has 30 heavy (non-hydrogen) atoms. The van der Waals surface area contributed by atoms with E-state index in [0.29, 0.717) is 16.8 Å². The van der Waals surface area contributed by atoms with Gasteiger partial charge in [-0.1, -0.05) is 29.5 Å². The molecular weight excluding hydrogens is 411 g/mol. The lowest BCUT2D eigenvalue weighted by atomic mass is 10.1. The van der Waals surface area contributed by atoms with Crippen molar-refractivity contribution in [3.63, 3.8) is 0 Å². The van der Waals surface area contributed by atoms with E-state index in [2.05, 4.69) is 10.1 Å². The highest BCUT2D eigenvalue weighted by Crippen LogP contribution is 2.35. The van der Waals surface area contributed by atoms with E-state index < -0.39 is 29.8 Å². The van der Waals surface area contributed by atoms with Gasteiger partial charge in [0.2, 0.25) is 4.96 Å². The van der Waals surface area contributed by atoms with Crippen LogP contribution >= 0.6 is 11.3 Å². The number of thiazole rings is 1. The van der Waals surface area contributed by atoms with E-state index in [9.17, 15) is 18.8 Å². The number of carboxylic acids is 1. The summed E-state index contributed by atoms with van der Waals surface area (Å²) in [5.74, 6) is -1.85. The predicted molar refractivity (Wildman–Crippen MR) is 107 cm³/mol. The summed E-state index contributed by atoms with van der Waals surface area (Å²) >= 11 is 0.999. The van der Waals surface area contributed by atoms with Crippen LogP contribution in [0.3, 0.4) is 0 Å². The summed E-state index contributed by atoms with van der Waals surface area (Å²) in [5, 5.41) is 13.4. The summed E-state index contributed by atoms with van der Waals surface area (Å²) < 4.78 is 14.4. The summed E-state index contributed by atoms with van der Waals surface area (Å²) in [6.07, 6.45) is 0. The van der Waals surface area contributed by atoms with Crippen molar-refractivity contribution in [3.8, 4) is 11.4 Å². The molecule has 1 aliphatic heterocycles. The van der Waals surface area contributed by atoms with Crippen LogP contribution in [0.4, 0.5) is 10.1 Å². The topological polar surface area (TPSA) is 105 Å². The Bertz CT molecular complexity index is 1460. The lowest BCUT2D eigenvalue weighted by Gasteiger charge is -2.13. The first-order valence-electron chi connectivity index (χ1n) is 8.77. The molecule has 5 rings (SSSR count). The van der Waals surface area contributed by atoms with Crippen LogP contribution in [0.25, 0.3) is 21.9 Å². The molecule has 0 aliphatic carbocycles. The van der Waals surface area contributed by atoms with E-state index >= 15 is 0 Å². The molecule has 3 heterocycles. The second-order valence-electron chi connectivity index (χ2n) is 6.55. The highest BCUT2D eigenvalue weighted by atomic mass is 32.1. The van der Waals surface area contributed by atoms with Crippen LogP contribution in [-0.2, 0) is 9.59 Å². The van der Waals surface area contributed by atoms with Crippen LogP contribution in [0.2, 0.25) is 0 Å². The first kappa shape index (κ1) is 18.1. The van der Waals surface area contributed by atoms with Gasteiger partial charge >= 0.3 is 5.97 Å². The predicted octanol–water partition coefficient (Wildman–Crippen LogP) is 1.31. The number of amides is 1. The lowest BCUT2D eigenvalue weighted by molar-refractivity contribution is -0.136. The third kappa shape index (κ3) is 2.69. The average Bonchev–Trinajstić information content (AvgIpc) is 3.35. The Morgan fingerprint density at radius 3 is 2.53 bits per heavy atom. The zero-order valence-electron chi connectivity index (χ0n) is 15.1. The average molecular weight is 422 g/mol. The van der Waals surface area contributed by atoms with Gasteiger partial charge in [-0.05, 0) is 30.3 Å². The largest absolute Gasteiger partial charge is 0.480 e. The molecule has 0 bridgehead atoms. The van der Waals surface area contributed by atoms with Gasteiger partial charge in [0.05, 0.1) is 11.3 Å². The maximum Gasteiger partial charge on any atom is 0.323 e. The van der Waals surface area contributed by atoms with Gasteiger partial charge in [0, 0.05) is 11.1 Å². The fraction of sp³-hybridized carbons (Fsp3) is 0.0500. The Hall–Kier alpha value is -3.92. The number of carbonyl (C=O) groups excluding carboxylic acids is 1. The van der Waals surface area contributed by atoms with Crippen molar-refractivity contribution in [2.75, 3.05) is 11.4 Å². The fourth-order valence-corrected chi connectivity index (χ4v) is 4.40. The van der Waals surface area contributed by atoms with Crippen molar-refractivity contribution in [2.45, 2.75) is 0 Å². The summed E-state index contributed by atoms with van der Waals surface area (Å²) in [5.41, 5.74) is 1.09. The number of rotatable bonds is 3. The van der Waals surface area contributed by atoms with Gasteiger partial charge in [0.15, 0.2) is 5.82 Å². The maximum atomic E-state index is 13.1. The molecule has 0 saturated carbocycles. The molecule has 4 aromatic rings. The molecule has 0 spiro atoms. The third-order valence-electron chi connectivity index (χ3n) is 4.70. The molecule has 0 fully saturated rings. The third-order valence-corrected chi connectivity index (χ3v) is 5.73. The van der Waals surface area contributed by atoms with Gasteiger partial charge in [0.25, 0.3) is 11.5 Å². The number of aromatic nitrogens is 3. The normalized spacial score (nSPS) is 15.1. The van der Waals surface area contributed by atoms with Crippen LogP contribution in [0.5, 0.6) is 0 Å². The van der Waals surface area contributed by atoms with Crippen molar-refractivity contribution < 1.29 is 19.1 Å². The number of hydrogen-bond acceptors (Lipinski definition) is 6. The summed E-state index contributed by atoms with van der Waals surface area (Å²) in [6, 6.07) is 12.3. The first-order valence-corrected chi connectivity index (χ1v) is 9.58. The Morgan fingerprint density at radius 1 is 1.10 bits per heavy atom. The SMILES string of the molecule is O=C(O)CN1C(=O)/C(=c2/sc3nc(-c4ccc(F)cc4)nn3c2=O)c2ccccc21. The molecule has 10 heteroatoms.